The summed E-state index contributed by atoms with van der Waals surface area (Å²) in [5.74, 6) is 0. The van der Waals surface area contributed by atoms with Crippen molar-refractivity contribution in [3.8, 4) is 0 Å². The number of carbonyl (C=O) groups excluding carboxylic acids is 1. The molecule has 6 heteroatoms. The first-order valence-corrected chi connectivity index (χ1v) is 5.74. The van der Waals surface area contributed by atoms with Crippen LogP contribution in [0.2, 0.25) is 0 Å². The number of carbonyl (C=O) groups is 1. The number of hydrogen-bond acceptors (Lipinski definition) is 3. The highest BCUT2D eigenvalue weighted by Gasteiger charge is 2.26. The van der Waals surface area contributed by atoms with Crippen molar-refractivity contribution in [2.75, 3.05) is 14.1 Å². The summed E-state index contributed by atoms with van der Waals surface area (Å²) in [4.78, 5) is 23.4. The molecule has 1 N–H and O–H groups in total. The maximum atomic E-state index is 11.6. The number of nitro groups is 1. The Kier molecular flexibility index (Phi) is 3.18. The molecule has 0 radical (unpaired) electrons. The first-order chi connectivity index (χ1) is 8.49. The summed E-state index contributed by atoms with van der Waals surface area (Å²) < 4.78 is 0. The Hall–Kier alpha value is -2.11. The van der Waals surface area contributed by atoms with E-state index in [9.17, 15) is 14.9 Å². The molecule has 1 unspecified atom stereocenters. The average molecular weight is 249 g/mol. The zero-order chi connectivity index (χ0) is 13.3. The number of nitrogens with one attached hydrogen (secondary N) is 1. The minimum atomic E-state index is -0.413. The van der Waals surface area contributed by atoms with E-state index in [1.54, 1.807) is 26.2 Å². The second-order valence-electron chi connectivity index (χ2n) is 4.58. The van der Waals surface area contributed by atoms with Crippen molar-refractivity contribution in [2.24, 2.45) is 0 Å². The molecule has 0 heterocycles. The molecule has 2 amide bonds. The number of aryl methyl sites for hydroxylation is 1. The highest BCUT2D eigenvalue weighted by atomic mass is 16.6. The monoisotopic (exact) mass is 249 g/mol. The Morgan fingerprint density at radius 1 is 1.50 bits per heavy atom. The van der Waals surface area contributed by atoms with Gasteiger partial charge in [0.2, 0.25) is 0 Å². The van der Waals surface area contributed by atoms with Crippen LogP contribution < -0.4 is 5.32 Å². The van der Waals surface area contributed by atoms with Crippen LogP contribution in [0.3, 0.4) is 0 Å². The number of urea groups is 1. The van der Waals surface area contributed by atoms with Crippen molar-refractivity contribution >= 4 is 11.7 Å². The van der Waals surface area contributed by atoms with Crippen molar-refractivity contribution in [3.05, 3.63) is 39.4 Å². The van der Waals surface area contributed by atoms with Gasteiger partial charge in [-0.3, -0.25) is 10.1 Å². The fraction of sp³-hybridized carbons (Fsp3) is 0.417. The highest BCUT2D eigenvalue weighted by Crippen LogP contribution is 2.33. The SMILES string of the molecule is CN(C)C(=O)NC1CCc2ccc([N+](=O)[O-])cc21. The fourth-order valence-electron chi connectivity index (χ4n) is 2.13. The Morgan fingerprint density at radius 2 is 2.22 bits per heavy atom. The fourth-order valence-corrected chi connectivity index (χ4v) is 2.13. The van der Waals surface area contributed by atoms with Crippen LogP contribution in [0.5, 0.6) is 0 Å². The molecule has 1 aliphatic carbocycles. The summed E-state index contributed by atoms with van der Waals surface area (Å²) in [6, 6.07) is 4.53. The van der Waals surface area contributed by atoms with Gasteiger partial charge < -0.3 is 10.2 Å². The molecular formula is C12H15N3O3. The van der Waals surface area contributed by atoms with E-state index in [4.69, 9.17) is 0 Å². The minimum absolute atomic E-state index is 0.0692. The number of amides is 2. The molecular weight excluding hydrogens is 234 g/mol. The molecule has 1 aromatic rings. The first-order valence-electron chi connectivity index (χ1n) is 5.74. The number of non-ortho nitro benzene ring substituents is 1. The average Bonchev–Trinajstić information content (AvgIpc) is 2.71. The van der Waals surface area contributed by atoms with Gasteiger partial charge in [0.15, 0.2) is 0 Å². The van der Waals surface area contributed by atoms with Crippen molar-refractivity contribution in [1.82, 2.24) is 10.2 Å². The maximum Gasteiger partial charge on any atom is 0.317 e. The van der Waals surface area contributed by atoms with Crippen LogP contribution in [0.4, 0.5) is 10.5 Å². The topological polar surface area (TPSA) is 75.5 Å². The van der Waals surface area contributed by atoms with E-state index in [1.807, 2.05) is 0 Å². The van der Waals surface area contributed by atoms with Gasteiger partial charge in [0.25, 0.3) is 5.69 Å². The largest absolute Gasteiger partial charge is 0.331 e. The molecule has 1 aromatic carbocycles. The third kappa shape index (κ3) is 2.27. The minimum Gasteiger partial charge on any atom is -0.331 e. The van der Waals surface area contributed by atoms with Crippen LogP contribution in [-0.2, 0) is 6.42 Å². The Bertz CT molecular complexity index is 499. The molecule has 18 heavy (non-hydrogen) atoms. The molecule has 0 saturated carbocycles. The van der Waals surface area contributed by atoms with E-state index < -0.39 is 4.92 Å². The highest BCUT2D eigenvalue weighted by molar-refractivity contribution is 5.74. The second kappa shape index (κ2) is 4.64. The summed E-state index contributed by atoms with van der Waals surface area (Å²) in [6.07, 6.45) is 1.63. The van der Waals surface area contributed by atoms with Crippen LogP contribution >= 0.6 is 0 Å². The smallest absolute Gasteiger partial charge is 0.317 e. The third-order valence-electron chi connectivity index (χ3n) is 3.12. The molecule has 0 fully saturated rings. The lowest BCUT2D eigenvalue weighted by Gasteiger charge is -2.17. The van der Waals surface area contributed by atoms with Gasteiger partial charge in [-0.25, -0.2) is 4.79 Å². The standard InChI is InChI=1S/C12H15N3O3/c1-14(2)12(16)13-11-6-4-8-3-5-9(15(17)18)7-10(8)11/h3,5,7,11H,4,6H2,1-2H3,(H,13,16). The Morgan fingerprint density at radius 3 is 2.83 bits per heavy atom. The zero-order valence-corrected chi connectivity index (χ0v) is 10.3. The van der Waals surface area contributed by atoms with E-state index in [0.717, 1.165) is 24.0 Å². The van der Waals surface area contributed by atoms with E-state index in [-0.39, 0.29) is 17.8 Å². The van der Waals surface area contributed by atoms with Crippen molar-refractivity contribution in [3.63, 3.8) is 0 Å². The van der Waals surface area contributed by atoms with Gasteiger partial charge in [0.05, 0.1) is 11.0 Å². The van der Waals surface area contributed by atoms with Gasteiger partial charge in [-0.15, -0.1) is 0 Å². The summed E-state index contributed by atoms with van der Waals surface area (Å²) in [5, 5.41) is 13.6. The predicted molar refractivity (Wildman–Crippen MR) is 66.4 cm³/mol. The molecule has 96 valence electrons. The van der Waals surface area contributed by atoms with Crippen LogP contribution in [-0.4, -0.2) is 29.9 Å². The summed E-state index contributed by atoms with van der Waals surface area (Å²) in [5.41, 5.74) is 2.00. The molecule has 0 spiro atoms. The summed E-state index contributed by atoms with van der Waals surface area (Å²) >= 11 is 0. The third-order valence-corrected chi connectivity index (χ3v) is 3.12. The maximum absolute atomic E-state index is 11.6. The van der Waals surface area contributed by atoms with Gasteiger partial charge in [0, 0.05) is 26.2 Å². The number of rotatable bonds is 2. The lowest BCUT2D eigenvalue weighted by Crippen LogP contribution is -2.36. The number of fused-ring (bicyclic) bond motifs is 1. The molecule has 6 nitrogen and oxygen atoms in total. The van der Waals surface area contributed by atoms with Crippen LogP contribution in [0, 0.1) is 10.1 Å². The first kappa shape index (κ1) is 12.3. The van der Waals surface area contributed by atoms with E-state index >= 15 is 0 Å². The molecule has 1 atom stereocenters. The van der Waals surface area contributed by atoms with Gasteiger partial charge in [0.1, 0.15) is 0 Å². The number of hydrogen-bond donors (Lipinski definition) is 1. The van der Waals surface area contributed by atoms with Crippen LogP contribution in [0.15, 0.2) is 18.2 Å². The van der Waals surface area contributed by atoms with Gasteiger partial charge in [-0.2, -0.15) is 0 Å². The van der Waals surface area contributed by atoms with Gasteiger partial charge in [-0.05, 0) is 24.0 Å². The Balaban J connectivity index is 2.23. The van der Waals surface area contributed by atoms with Crippen molar-refractivity contribution in [2.45, 2.75) is 18.9 Å². The van der Waals surface area contributed by atoms with E-state index in [1.165, 1.54) is 11.0 Å². The molecule has 0 aromatic heterocycles. The van der Waals surface area contributed by atoms with E-state index in [0.29, 0.717) is 0 Å². The lowest BCUT2D eigenvalue weighted by molar-refractivity contribution is -0.384. The molecule has 1 aliphatic rings. The number of benzene rings is 1. The van der Waals surface area contributed by atoms with Crippen molar-refractivity contribution in [1.29, 1.82) is 0 Å². The van der Waals surface area contributed by atoms with Crippen molar-refractivity contribution < 1.29 is 9.72 Å². The molecule has 0 saturated heterocycles. The summed E-state index contributed by atoms with van der Waals surface area (Å²) in [6.45, 7) is 0. The number of nitrogens with zero attached hydrogens (tertiary/aromatic N) is 2. The lowest BCUT2D eigenvalue weighted by atomic mass is 10.1. The zero-order valence-electron chi connectivity index (χ0n) is 10.3. The summed E-state index contributed by atoms with van der Waals surface area (Å²) in [7, 11) is 3.33. The van der Waals surface area contributed by atoms with Gasteiger partial charge in [-0.1, -0.05) is 6.07 Å². The molecule has 0 aliphatic heterocycles. The second-order valence-corrected chi connectivity index (χ2v) is 4.58. The van der Waals surface area contributed by atoms with Gasteiger partial charge >= 0.3 is 6.03 Å². The predicted octanol–water partition coefficient (Wildman–Crippen LogP) is 1.85. The Labute approximate surface area is 105 Å². The molecule has 2 rings (SSSR count). The van der Waals surface area contributed by atoms with Crippen LogP contribution in [0.1, 0.15) is 23.6 Å². The van der Waals surface area contributed by atoms with Crippen LogP contribution in [0.25, 0.3) is 0 Å². The quantitative estimate of drug-likeness (QED) is 0.642. The normalized spacial score (nSPS) is 17.1. The van der Waals surface area contributed by atoms with E-state index in [2.05, 4.69) is 5.32 Å². The molecule has 0 bridgehead atoms. The number of nitro benzene ring substituents is 1.